The Morgan fingerprint density at radius 3 is 2.48 bits per heavy atom. The maximum absolute atomic E-state index is 12.4. The van der Waals surface area contributed by atoms with E-state index in [0.717, 1.165) is 16.0 Å². The van der Waals surface area contributed by atoms with Crippen LogP contribution in [0.2, 0.25) is 0 Å². The molecule has 0 radical (unpaired) electrons. The molecule has 0 aliphatic rings. The summed E-state index contributed by atoms with van der Waals surface area (Å²) in [4.78, 5) is 25.3. The van der Waals surface area contributed by atoms with Gasteiger partial charge in [0.2, 0.25) is 5.91 Å². The number of benzene rings is 2. The van der Waals surface area contributed by atoms with E-state index in [1.54, 1.807) is 19.3 Å². The predicted octanol–water partition coefficient (Wildman–Crippen LogP) is 4.66. The SMILES string of the molecule is COc1ccccc1C=CC(=O)Nc1sc(C(C)c2ccccc2)cc1C(N)=O. The average Bonchev–Trinajstić information content (AvgIpc) is 3.16. The van der Waals surface area contributed by atoms with Gasteiger partial charge < -0.3 is 15.8 Å². The lowest BCUT2D eigenvalue weighted by Crippen LogP contribution is -2.14. The number of primary amides is 1. The molecular weight excluding hydrogens is 384 g/mol. The van der Waals surface area contributed by atoms with Crippen LogP contribution in [0.1, 0.15) is 39.2 Å². The number of hydrogen-bond donors (Lipinski definition) is 2. The zero-order valence-electron chi connectivity index (χ0n) is 16.2. The summed E-state index contributed by atoms with van der Waals surface area (Å²) >= 11 is 1.36. The third-order valence-electron chi connectivity index (χ3n) is 4.53. The number of nitrogens with two attached hydrogens (primary N) is 1. The van der Waals surface area contributed by atoms with Crippen molar-refractivity contribution in [2.45, 2.75) is 12.8 Å². The van der Waals surface area contributed by atoms with E-state index in [9.17, 15) is 9.59 Å². The first-order valence-electron chi connectivity index (χ1n) is 9.10. The largest absolute Gasteiger partial charge is 0.496 e. The molecule has 0 saturated carbocycles. The van der Waals surface area contributed by atoms with Crippen LogP contribution in [0, 0.1) is 0 Å². The highest BCUT2D eigenvalue weighted by Crippen LogP contribution is 2.36. The van der Waals surface area contributed by atoms with Gasteiger partial charge in [0.25, 0.3) is 5.91 Å². The van der Waals surface area contributed by atoms with Crippen LogP contribution in [0.15, 0.2) is 66.7 Å². The third kappa shape index (κ3) is 4.92. The number of amides is 2. The van der Waals surface area contributed by atoms with Crippen LogP contribution in [0.25, 0.3) is 6.08 Å². The fraction of sp³-hybridized carbons (Fsp3) is 0.130. The van der Waals surface area contributed by atoms with Crippen LogP contribution in [-0.4, -0.2) is 18.9 Å². The van der Waals surface area contributed by atoms with Gasteiger partial charge in [0.1, 0.15) is 10.8 Å². The predicted molar refractivity (Wildman–Crippen MR) is 117 cm³/mol. The highest BCUT2D eigenvalue weighted by atomic mass is 32.1. The molecule has 1 atom stereocenters. The molecule has 0 bridgehead atoms. The number of carbonyl (C=O) groups is 2. The minimum Gasteiger partial charge on any atom is -0.496 e. The Bertz CT molecular complexity index is 1040. The molecule has 3 N–H and O–H groups in total. The van der Waals surface area contributed by atoms with Gasteiger partial charge in [0.15, 0.2) is 0 Å². The zero-order chi connectivity index (χ0) is 20.8. The van der Waals surface area contributed by atoms with Crippen LogP contribution in [0.3, 0.4) is 0 Å². The van der Waals surface area contributed by atoms with Gasteiger partial charge >= 0.3 is 0 Å². The Hall–Kier alpha value is -3.38. The van der Waals surface area contributed by atoms with Gasteiger partial charge in [-0.1, -0.05) is 55.5 Å². The van der Waals surface area contributed by atoms with Gasteiger partial charge in [-0.25, -0.2) is 0 Å². The Balaban J connectivity index is 1.81. The second-order valence-corrected chi connectivity index (χ2v) is 7.54. The number of para-hydroxylation sites is 1. The van der Waals surface area contributed by atoms with E-state index in [-0.39, 0.29) is 11.8 Å². The number of anilines is 1. The van der Waals surface area contributed by atoms with E-state index in [0.29, 0.717) is 16.3 Å². The molecule has 2 aromatic carbocycles. The molecule has 2 amide bonds. The topological polar surface area (TPSA) is 81.4 Å². The lowest BCUT2D eigenvalue weighted by molar-refractivity contribution is -0.111. The molecule has 0 fully saturated rings. The quantitative estimate of drug-likeness (QED) is 0.560. The normalized spacial score (nSPS) is 11.9. The molecule has 1 unspecified atom stereocenters. The highest BCUT2D eigenvalue weighted by Gasteiger charge is 2.19. The van der Waals surface area contributed by atoms with Crippen molar-refractivity contribution in [1.82, 2.24) is 0 Å². The number of methoxy groups -OCH3 is 1. The van der Waals surface area contributed by atoms with Crippen molar-refractivity contribution < 1.29 is 14.3 Å². The van der Waals surface area contributed by atoms with E-state index >= 15 is 0 Å². The molecule has 5 nitrogen and oxygen atoms in total. The number of thiophene rings is 1. The minimum absolute atomic E-state index is 0.0778. The molecule has 1 heterocycles. The summed E-state index contributed by atoms with van der Waals surface area (Å²) < 4.78 is 5.28. The zero-order valence-corrected chi connectivity index (χ0v) is 17.0. The second kappa shape index (κ2) is 9.21. The third-order valence-corrected chi connectivity index (χ3v) is 5.77. The first kappa shape index (κ1) is 20.4. The molecule has 3 rings (SSSR count). The van der Waals surface area contributed by atoms with Crippen molar-refractivity contribution in [3.8, 4) is 5.75 Å². The Kier molecular flexibility index (Phi) is 6.46. The summed E-state index contributed by atoms with van der Waals surface area (Å²) in [5.41, 5.74) is 7.75. The number of nitrogens with one attached hydrogen (secondary N) is 1. The maximum atomic E-state index is 12.4. The van der Waals surface area contributed by atoms with Gasteiger partial charge in [0, 0.05) is 22.4 Å². The van der Waals surface area contributed by atoms with Gasteiger partial charge in [-0.2, -0.15) is 0 Å². The van der Waals surface area contributed by atoms with Crippen molar-refractivity contribution in [3.63, 3.8) is 0 Å². The summed E-state index contributed by atoms with van der Waals surface area (Å²) in [6.07, 6.45) is 3.07. The molecule has 29 heavy (non-hydrogen) atoms. The molecule has 0 saturated heterocycles. The van der Waals surface area contributed by atoms with E-state index in [1.165, 1.54) is 17.4 Å². The van der Waals surface area contributed by atoms with E-state index < -0.39 is 5.91 Å². The van der Waals surface area contributed by atoms with Crippen molar-refractivity contribution >= 4 is 34.2 Å². The van der Waals surface area contributed by atoms with Crippen LogP contribution >= 0.6 is 11.3 Å². The molecular formula is C23H22N2O3S. The van der Waals surface area contributed by atoms with Crippen molar-refractivity contribution in [2.24, 2.45) is 5.73 Å². The number of ether oxygens (including phenoxy) is 1. The Morgan fingerprint density at radius 1 is 1.10 bits per heavy atom. The summed E-state index contributed by atoms with van der Waals surface area (Å²) in [6, 6.07) is 19.1. The van der Waals surface area contributed by atoms with Crippen molar-refractivity contribution in [1.29, 1.82) is 0 Å². The molecule has 0 aliphatic heterocycles. The smallest absolute Gasteiger partial charge is 0.251 e. The van der Waals surface area contributed by atoms with E-state index in [1.807, 2.05) is 54.6 Å². The van der Waals surface area contributed by atoms with Gasteiger partial charge in [-0.3, -0.25) is 9.59 Å². The standard InChI is InChI=1S/C23H22N2O3S/c1-15(16-8-4-3-5-9-16)20-14-18(22(24)27)23(29-20)25-21(26)13-12-17-10-6-7-11-19(17)28-2/h3-15H,1-2H3,(H2,24,27)(H,25,26). The second-order valence-electron chi connectivity index (χ2n) is 6.45. The van der Waals surface area contributed by atoms with Gasteiger partial charge in [-0.15, -0.1) is 11.3 Å². The lowest BCUT2D eigenvalue weighted by atomic mass is 9.99. The molecule has 3 aromatic rings. The van der Waals surface area contributed by atoms with Crippen LogP contribution in [0.5, 0.6) is 5.75 Å². The van der Waals surface area contributed by atoms with Crippen molar-refractivity contribution in [2.75, 3.05) is 12.4 Å². The summed E-state index contributed by atoms with van der Waals surface area (Å²) in [5, 5.41) is 3.23. The van der Waals surface area contributed by atoms with Gasteiger partial charge in [0.05, 0.1) is 12.7 Å². The summed E-state index contributed by atoms with van der Waals surface area (Å²) in [6.45, 7) is 2.05. The van der Waals surface area contributed by atoms with E-state index in [2.05, 4.69) is 12.2 Å². The average molecular weight is 407 g/mol. The molecule has 0 aliphatic carbocycles. The number of hydrogen-bond acceptors (Lipinski definition) is 4. The van der Waals surface area contributed by atoms with Crippen LogP contribution in [0.4, 0.5) is 5.00 Å². The van der Waals surface area contributed by atoms with Gasteiger partial charge in [-0.05, 0) is 23.8 Å². The number of rotatable bonds is 7. The Labute approximate surface area is 173 Å². The monoisotopic (exact) mass is 406 g/mol. The van der Waals surface area contributed by atoms with Crippen LogP contribution in [-0.2, 0) is 4.79 Å². The fourth-order valence-corrected chi connectivity index (χ4v) is 4.07. The minimum atomic E-state index is -0.572. The maximum Gasteiger partial charge on any atom is 0.251 e. The lowest BCUT2D eigenvalue weighted by Gasteiger charge is -2.09. The van der Waals surface area contributed by atoms with Crippen LogP contribution < -0.4 is 15.8 Å². The summed E-state index contributed by atoms with van der Waals surface area (Å²) in [5.74, 6) is -0.172. The first-order valence-corrected chi connectivity index (χ1v) is 9.91. The summed E-state index contributed by atoms with van der Waals surface area (Å²) in [7, 11) is 1.58. The first-order chi connectivity index (χ1) is 14.0. The molecule has 6 heteroatoms. The fourth-order valence-electron chi connectivity index (χ4n) is 2.93. The number of carbonyl (C=O) groups excluding carboxylic acids is 2. The highest BCUT2D eigenvalue weighted by molar-refractivity contribution is 7.16. The molecule has 0 spiro atoms. The molecule has 1 aromatic heterocycles. The van der Waals surface area contributed by atoms with E-state index in [4.69, 9.17) is 10.5 Å². The molecule has 148 valence electrons. The van der Waals surface area contributed by atoms with Crippen molar-refractivity contribution in [3.05, 3.63) is 88.3 Å². The Morgan fingerprint density at radius 2 is 1.79 bits per heavy atom.